The van der Waals surface area contributed by atoms with Crippen molar-refractivity contribution in [2.45, 2.75) is 38.6 Å². The maximum Gasteiger partial charge on any atom is 0.235 e. The Morgan fingerprint density at radius 3 is 2.75 bits per heavy atom. The molecule has 1 aromatic carbocycles. The number of hydrogen-bond acceptors (Lipinski definition) is 3. The number of anilines is 1. The summed E-state index contributed by atoms with van der Waals surface area (Å²) < 4.78 is 0. The maximum atomic E-state index is 10.4. The average Bonchev–Trinajstić information content (AvgIpc) is 2.33. The lowest BCUT2D eigenvalue weighted by molar-refractivity contribution is -0.400. The second-order valence-corrected chi connectivity index (χ2v) is 6.42. The number of nitrogens with zero attached hydrogens (tertiary/aromatic N) is 2. The first-order valence-corrected chi connectivity index (χ1v) is 6.99. The van der Waals surface area contributed by atoms with Crippen molar-refractivity contribution in [2.75, 3.05) is 11.9 Å². The average molecular weight is 295 g/mol. The molecule has 1 atom stereocenters. The predicted molar refractivity (Wildman–Crippen MR) is 83.0 cm³/mol. The number of rotatable bonds is 2. The van der Waals surface area contributed by atoms with E-state index in [0.717, 1.165) is 18.3 Å². The number of halogens is 1. The summed E-state index contributed by atoms with van der Waals surface area (Å²) in [6.07, 6.45) is 3.42. The van der Waals surface area contributed by atoms with Gasteiger partial charge in [-0.1, -0.05) is 18.5 Å². The van der Waals surface area contributed by atoms with E-state index in [-0.39, 0.29) is 5.54 Å². The van der Waals surface area contributed by atoms with Gasteiger partial charge in [-0.3, -0.25) is 10.1 Å². The van der Waals surface area contributed by atoms with E-state index in [1.54, 1.807) is 0 Å². The third kappa shape index (κ3) is 2.66. The van der Waals surface area contributed by atoms with Crippen molar-refractivity contribution in [1.82, 2.24) is 0 Å². The second kappa shape index (κ2) is 5.09. The van der Waals surface area contributed by atoms with Crippen molar-refractivity contribution in [3.05, 3.63) is 44.6 Å². The molecule has 2 rings (SSSR count). The molecule has 1 aliphatic rings. The van der Waals surface area contributed by atoms with Crippen LogP contribution in [0.5, 0.6) is 0 Å². The summed E-state index contributed by atoms with van der Waals surface area (Å²) in [7, 11) is 2.06. The molecule has 0 saturated heterocycles. The lowest BCUT2D eigenvalue weighted by Gasteiger charge is -2.45. The zero-order valence-electron chi connectivity index (χ0n) is 12.2. The van der Waals surface area contributed by atoms with Gasteiger partial charge in [-0.15, -0.1) is 0 Å². The maximum absolute atomic E-state index is 10.4. The summed E-state index contributed by atoms with van der Waals surface area (Å²) >= 11 is 6.25. The van der Waals surface area contributed by atoms with Crippen molar-refractivity contribution in [2.24, 2.45) is 0 Å². The minimum atomic E-state index is -0.478. The molecule has 0 amide bonds. The molecule has 1 heterocycles. The van der Waals surface area contributed by atoms with E-state index >= 15 is 0 Å². The Morgan fingerprint density at radius 1 is 1.50 bits per heavy atom. The largest absolute Gasteiger partial charge is 0.369 e. The molecule has 0 radical (unpaired) electrons. The van der Waals surface area contributed by atoms with E-state index in [2.05, 4.69) is 32.7 Å². The van der Waals surface area contributed by atoms with Gasteiger partial charge in [-0.2, -0.15) is 0 Å². The molecular formula is C15H19ClN2O2. The van der Waals surface area contributed by atoms with Crippen molar-refractivity contribution in [1.29, 1.82) is 0 Å². The molecule has 0 fully saturated rings. The van der Waals surface area contributed by atoms with Crippen molar-refractivity contribution >= 4 is 23.4 Å². The number of benzene rings is 1. The van der Waals surface area contributed by atoms with Crippen LogP contribution in [0.3, 0.4) is 0 Å². The summed E-state index contributed by atoms with van der Waals surface area (Å²) in [6.45, 7) is 6.60. The Kier molecular flexibility index (Phi) is 3.78. The Hall–Kier alpha value is -1.55. The van der Waals surface area contributed by atoms with Crippen LogP contribution < -0.4 is 4.90 Å². The highest BCUT2D eigenvalue weighted by Crippen LogP contribution is 2.44. The van der Waals surface area contributed by atoms with E-state index in [4.69, 9.17) is 11.6 Å². The molecule has 20 heavy (non-hydrogen) atoms. The first kappa shape index (κ1) is 14.9. The van der Waals surface area contributed by atoms with E-state index in [1.807, 2.05) is 12.1 Å². The highest BCUT2D eigenvalue weighted by Gasteiger charge is 2.34. The van der Waals surface area contributed by atoms with Gasteiger partial charge in [0, 0.05) is 24.4 Å². The van der Waals surface area contributed by atoms with Crippen LogP contribution in [0.4, 0.5) is 5.69 Å². The zero-order chi connectivity index (χ0) is 15.1. The SMILES string of the molecule is CC1CC(C)(C)N(C)c2cc(Cl)c(/C=C\[N+](=O)[O-])cc21. The fourth-order valence-corrected chi connectivity index (χ4v) is 3.09. The minimum absolute atomic E-state index is 0.0773. The molecule has 1 aromatic rings. The topological polar surface area (TPSA) is 46.4 Å². The van der Waals surface area contributed by atoms with Gasteiger partial charge in [0.25, 0.3) is 0 Å². The molecule has 0 N–H and O–H groups in total. The van der Waals surface area contributed by atoms with Gasteiger partial charge in [0.05, 0.1) is 9.95 Å². The standard InChI is InChI=1S/C15H19ClN2O2/c1-10-9-15(2,3)17(4)14-8-13(16)11(7-12(10)14)5-6-18(19)20/h5-8,10H,9H2,1-4H3/b6-5-. The second-order valence-electron chi connectivity index (χ2n) is 6.01. The molecule has 0 aliphatic carbocycles. The lowest BCUT2D eigenvalue weighted by atomic mass is 9.80. The molecule has 0 aromatic heterocycles. The van der Waals surface area contributed by atoms with Crippen LogP contribution in [0.1, 0.15) is 44.2 Å². The Bertz CT molecular complexity index is 581. The Balaban J connectivity index is 2.51. The zero-order valence-corrected chi connectivity index (χ0v) is 12.9. The van der Waals surface area contributed by atoms with Gasteiger partial charge < -0.3 is 4.90 Å². The van der Waals surface area contributed by atoms with E-state index in [9.17, 15) is 10.1 Å². The van der Waals surface area contributed by atoms with Gasteiger partial charge >= 0.3 is 0 Å². The molecule has 108 valence electrons. The van der Waals surface area contributed by atoms with Crippen LogP contribution in [0, 0.1) is 10.1 Å². The molecule has 5 heteroatoms. The van der Waals surface area contributed by atoms with E-state index in [0.29, 0.717) is 16.5 Å². The molecule has 0 spiro atoms. The normalized spacial score (nSPS) is 21.1. The van der Waals surface area contributed by atoms with Gasteiger partial charge in [-0.05, 0) is 49.4 Å². The highest BCUT2D eigenvalue weighted by atomic mass is 35.5. The van der Waals surface area contributed by atoms with Crippen LogP contribution in [0.15, 0.2) is 18.3 Å². The van der Waals surface area contributed by atoms with Crippen LogP contribution in [-0.2, 0) is 0 Å². The predicted octanol–water partition coefficient (Wildman–Crippen LogP) is 4.31. The summed E-state index contributed by atoms with van der Waals surface area (Å²) in [4.78, 5) is 12.2. The van der Waals surface area contributed by atoms with Crippen LogP contribution in [-0.4, -0.2) is 17.5 Å². The van der Waals surface area contributed by atoms with Crippen molar-refractivity contribution < 1.29 is 4.92 Å². The molecule has 1 unspecified atom stereocenters. The van der Waals surface area contributed by atoms with Crippen molar-refractivity contribution in [3.63, 3.8) is 0 Å². The van der Waals surface area contributed by atoms with Crippen molar-refractivity contribution in [3.8, 4) is 0 Å². The monoisotopic (exact) mass is 294 g/mol. The number of nitro groups is 1. The fourth-order valence-electron chi connectivity index (χ4n) is 2.87. The summed E-state index contributed by atoms with van der Waals surface area (Å²) in [5.41, 5.74) is 3.08. The Labute approximate surface area is 124 Å². The van der Waals surface area contributed by atoms with Gasteiger partial charge in [-0.25, -0.2) is 0 Å². The summed E-state index contributed by atoms with van der Waals surface area (Å²) in [5.74, 6) is 0.399. The van der Waals surface area contributed by atoms with E-state index < -0.39 is 4.92 Å². The lowest BCUT2D eigenvalue weighted by Crippen LogP contribution is -2.45. The van der Waals surface area contributed by atoms with Gasteiger partial charge in [0.1, 0.15) is 0 Å². The Morgan fingerprint density at radius 2 is 2.15 bits per heavy atom. The summed E-state index contributed by atoms with van der Waals surface area (Å²) in [6, 6.07) is 3.88. The smallest absolute Gasteiger partial charge is 0.235 e. The third-order valence-corrected chi connectivity index (χ3v) is 4.46. The first-order valence-electron chi connectivity index (χ1n) is 6.61. The fraction of sp³-hybridized carbons (Fsp3) is 0.467. The third-order valence-electron chi connectivity index (χ3n) is 4.13. The van der Waals surface area contributed by atoms with E-state index in [1.165, 1.54) is 11.6 Å². The molecule has 1 aliphatic heterocycles. The first-order chi connectivity index (χ1) is 9.22. The number of hydrogen-bond donors (Lipinski definition) is 0. The van der Waals surface area contributed by atoms with Crippen LogP contribution in [0.25, 0.3) is 6.08 Å². The summed E-state index contributed by atoms with van der Waals surface area (Å²) in [5, 5.41) is 11.0. The van der Waals surface area contributed by atoms with Gasteiger partial charge in [0.2, 0.25) is 6.20 Å². The van der Waals surface area contributed by atoms with Crippen LogP contribution >= 0.6 is 11.6 Å². The molecule has 0 bridgehead atoms. The molecular weight excluding hydrogens is 276 g/mol. The molecule has 4 nitrogen and oxygen atoms in total. The van der Waals surface area contributed by atoms with Crippen LogP contribution in [0.2, 0.25) is 5.02 Å². The minimum Gasteiger partial charge on any atom is -0.369 e. The highest BCUT2D eigenvalue weighted by molar-refractivity contribution is 6.32. The van der Waals surface area contributed by atoms with Gasteiger partial charge in [0.15, 0.2) is 0 Å². The molecule has 0 saturated carbocycles. The number of fused-ring (bicyclic) bond motifs is 1. The quantitative estimate of drug-likeness (QED) is 0.603.